The third kappa shape index (κ3) is 3.53. The molecule has 0 saturated carbocycles. The van der Waals surface area contributed by atoms with Crippen molar-refractivity contribution in [3.63, 3.8) is 0 Å². The Morgan fingerprint density at radius 3 is 2.57 bits per heavy atom. The van der Waals surface area contributed by atoms with Gasteiger partial charge in [-0.25, -0.2) is 4.79 Å². The predicted molar refractivity (Wildman–Crippen MR) is 107 cm³/mol. The van der Waals surface area contributed by atoms with E-state index in [0.717, 1.165) is 10.1 Å². The Hall–Kier alpha value is -3.07. The number of ether oxygens (including phenoxy) is 1. The Labute approximate surface area is 162 Å². The van der Waals surface area contributed by atoms with Gasteiger partial charge in [0, 0.05) is 28.2 Å². The molecule has 28 heavy (non-hydrogen) atoms. The summed E-state index contributed by atoms with van der Waals surface area (Å²) in [6.07, 6.45) is -0.876. The first kappa shape index (κ1) is 19.7. The number of fused-ring (bicyclic) bond motifs is 1. The van der Waals surface area contributed by atoms with E-state index in [0.29, 0.717) is 11.7 Å². The summed E-state index contributed by atoms with van der Waals surface area (Å²) in [4.78, 5) is 31.1. The molecule has 0 amide bonds. The summed E-state index contributed by atoms with van der Waals surface area (Å²) in [6, 6.07) is 7.55. The summed E-state index contributed by atoms with van der Waals surface area (Å²) < 4.78 is 9.66. The van der Waals surface area contributed by atoms with Gasteiger partial charge in [-0.3, -0.25) is 13.9 Å². The number of aliphatic hydroxyl groups excluding tert-OH is 1. The summed E-state index contributed by atoms with van der Waals surface area (Å²) in [5.41, 5.74) is 0.708. The Bertz CT molecular complexity index is 1130. The Morgan fingerprint density at radius 2 is 1.93 bits per heavy atom. The number of aryl methyl sites for hydroxylation is 2. The summed E-state index contributed by atoms with van der Waals surface area (Å²) in [6.45, 7) is 2.12. The van der Waals surface area contributed by atoms with Crippen molar-refractivity contribution >= 4 is 17.1 Å². The fourth-order valence-electron chi connectivity index (χ4n) is 3.11. The number of benzene rings is 1. The van der Waals surface area contributed by atoms with Gasteiger partial charge in [-0.15, -0.1) is 0 Å². The zero-order valence-electron chi connectivity index (χ0n) is 16.7. The van der Waals surface area contributed by atoms with Crippen molar-refractivity contribution < 1.29 is 9.84 Å². The highest BCUT2D eigenvalue weighted by Crippen LogP contribution is 2.19. The lowest BCUT2D eigenvalue weighted by atomic mass is 10.2. The number of aromatic nitrogens is 4. The fourth-order valence-corrected chi connectivity index (χ4v) is 3.11. The molecule has 1 atom stereocenters. The Kier molecular flexibility index (Phi) is 5.28. The fraction of sp³-hybridized carbons (Fsp3) is 0.421. The molecule has 0 radical (unpaired) electrons. The third-order valence-corrected chi connectivity index (χ3v) is 4.55. The number of hydrogen-bond donors (Lipinski definition) is 1. The molecule has 9 heteroatoms. The minimum Gasteiger partial charge on any atom is -0.491 e. The lowest BCUT2D eigenvalue weighted by molar-refractivity contribution is 0.0936. The average Bonchev–Trinajstić information content (AvgIpc) is 3.02. The van der Waals surface area contributed by atoms with Crippen molar-refractivity contribution in [2.24, 2.45) is 14.1 Å². The molecule has 9 nitrogen and oxygen atoms in total. The maximum absolute atomic E-state index is 12.7. The summed E-state index contributed by atoms with van der Waals surface area (Å²) in [5.74, 6) is 1.14. The van der Waals surface area contributed by atoms with Gasteiger partial charge in [-0.2, -0.15) is 4.98 Å². The van der Waals surface area contributed by atoms with E-state index >= 15 is 0 Å². The van der Waals surface area contributed by atoms with E-state index in [1.54, 1.807) is 30.6 Å². The molecular weight excluding hydrogens is 362 g/mol. The van der Waals surface area contributed by atoms with Crippen molar-refractivity contribution in [3.05, 3.63) is 50.7 Å². The highest BCUT2D eigenvalue weighted by Gasteiger charge is 2.22. The number of rotatable bonds is 6. The number of aliphatic hydroxyl groups is 1. The van der Waals surface area contributed by atoms with Crippen molar-refractivity contribution in [2.45, 2.75) is 19.6 Å². The Balaban J connectivity index is 1.96. The van der Waals surface area contributed by atoms with Gasteiger partial charge < -0.3 is 19.3 Å². The normalized spacial score (nSPS) is 12.4. The second-order valence-electron chi connectivity index (χ2n) is 7.08. The van der Waals surface area contributed by atoms with E-state index in [1.165, 1.54) is 11.6 Å². The molecule has 1 N–H and O–H groups in total. The van der Waals surface area contributed by atoms with E-state index < -0.39 is 17.4 Å². The van der Waals surface area contributed by atoms with Crippen LogP contribution in [0.4, 0.5) is 5.95 Å². The molecule has 0 aliphatic rings. The van der Waals surface area contributed by atoms with Gasteiger partial charge in [0.25, 0.3) is 5.56 Å². The van der Waals surface area contributed by atoms with Crippen LogP contribution in [-0.2, 0) is 20.6 Å². The third-order valence-electron chi connectivity index (χ3n) is 4.55. The highest BCUT2D eigenvalue weighted by molar-refractivity contribution is 5.74. The number of anilines is 1. The maximum atomic E-state index is 12.7. The first-order chi connectivity index (χ1) is 13.2. The zero-order chi connectivity index (χ0) is 20.6. The molecular formula is C19H25N5O4. The van der Waals surface area contributed by atoms with Crippen LogP contribution in [0.25, 0.3) is 11.2 Å². The van der Waals surface area contributed by atoms with Crippen molar-refractivity contribution in [3.8, 4) is 5.75 Å². The van der Waals surface area contributed by atoms with Gasteiger partial charge in [0.15, 0.2) is 11.2 Å². The minimum atomic E-state index is -0.876. The largest absolute Gasteiger partial charge is 0.491 e. The molecule has 0 saturated heterocycles. The molecule has 0 bridgehead atoms. The molecule has 1 unspecified atom stereocenters. The van der Waals surface area contributed by atoms with Gasteiger partial charge in [-0.1, -0.05) is 12.1 Å². The SMILES string of the molecule is Cc1cccc(OCC(O)Cn2c(N(C)C)nc3c2c(=O)n(C)c(=O)n3C)c1. The van der Waals surface area contributed by atoms with Crippen molar-refractivity contribution in [2.75, 3.05) is 25.6 Å². The molecule has 0 fully saturated rings. The van der Waals surface area contributed by atoms with E-state index in [1.807, 2.05) is 31.2 Å². The molecule has 2 aromatic heterocycles. The molecule has 2 heterocycles. The molecule has 3 aromatic rings. The molecule has 3 rings (SSSR count). The maximum Gasteiger partial charge on any atom is 0.332 e. The Morgan fingerprint density at radius 1 is 1.21 bits per heavy atom. The molecule has 1 aromatic carbocycles. The van der Waals surface area contributed by atoms with Crippen LogP contribution in [0.2, 0.25) is 0 Å². The van der Waals surface area contributed by atoms with Gasteiger partial charge in [0.2, 0.25) is 5.95 Å². The van der Waals surface area contributed by atoms with Gasteiger partial charge in [-0.05, 0) is 24.6 Å². The molecule has 0 aliphatic carbocycles. The molecule has 0 aliphatic heterocycles. The van der Waals surface area contributed by atoms with Crippen LogP contribution in [0.1, 0.15) is 5.56 Å². The van der Waals surface area contributed by atoms with E-state index in [9.17, 15) is 14.7 Å². The van der Waals surface area contributed by atoms with Gasteiger partial charge >= 0.3 is 5.69 Å². The lowest BCUT2D eigenvalue weighted by Gasteiger charge is -2.18. The highest BCUT2D eigenvalue weighted by atomic mass is 16.5. The number of imidazole rings is 1. The first-order valence-electron chi connectivity index (χ1n) is 8.91. The quantitative estimate of drug-likeness (QED) is 0.652. The summed E-state index contributed by atoms with van der Waals surface area (Å²) in [5, 5.41) is 10.5. The first-order valence-corrected chi connectivity index (χ1v) is 8.91. The van der Waals surface area contributed by atoms with Crippen LogP contribution < -0.4 is 20.9 Å². The second kappa shape index (κ2) is 7.51. The second-order valence-corrected chi connectivity index (χ2v) is 7.08. The van der Waals surface area contributed by atoms with E-state index in [4.69, 9.17) is 4.74 Å². The smallest absolute Gasteiger partial charge is 0.332 e. The van der Waals surface area contributed by atoms with E-state index in [2.05, 4.69) is 4.98 Å². The van der Waals surface area contributed by atoms with Crippen LogP contribution in [0.15, 0.2) is 33.9 Å². The summed E-state index contributed by atoms with van der Waals surface area (Å²) in [7, 11) is 6.57. The van der Waals surface area contributed by atoms with Crippen molar-refractivity contribution in [1.82, 2.24) is 18.7 Å². The van der Waals surface area contributed by atoms with Crippen LogP contribution >= 0.6 is 0 Å². The van der Waals surface area contributed by atoms with Crippen LogP contribution in [0.3, 0.4) is 0 Å². The predicted octanol–water partition coefficient (Wildman–Crippen LogP) is 0.248. The van der Waals surface area contributed by atoms with Gasteiger partial charge in [0.05, 0.1) is 6.54 Å². The monoisotopic (exact) mass is 387 g/mol. The zero-order valence-corrected chi connectivity index (χ0v) is 16.7. The topological polar surface area (TPSA) is 94.5 Å². The summed E-state index contributed by atoms with van der Waals surface area (Å²) >= 11 is 0. The number of hydrogen-bond acceptors (Lipinski definition) is 6. The minimum absolute atomic E-state index is 0.0576. The molecule has 150 valence electrons. The van der Waals surface area contributed by atoms with Crippen LogP contribution in [-0.4, -0.2) is 50.6 Å². The van der Waals surface area contributed by atoms with Crippen LogP contribution in [0.5, 0.6) is 5.75 Å². The van der Waals surface area contributed by atoms with Crippen LogP contribution in [0, 0.1) is 6.92 Å². The lowest BCUT2D eigenvalue weighted by Crippen LogP contribution is -2.38. The molecule has 0 spiro atoms. The van der Waals surface area contributed by atoms with Gasteiger partial charge in [0.1, 0.15) is 18.5 Å². The van der Waals surface area contributed by atoms with Crippen molar-refractivity contribution in [1.29, 1.82) is 0 Å². The number of nitrogens with zero attached hydrogens (tertiary/aromatic N) is 5. The van der Waals surface area contributed by atoms with E-state index in [-0.39, 0.29) is 24.3 Å². The average molecular weight is 387 g/mol. The standard InChI is InChI=1S/C19H25N5O4/c1-12-7-6-8-14(9-12)28-11-13(25)10-24-15-16(20-18(24)21(2)3)22(4)19(27)23(5)17(15)26/h6-9,13,25H,10-11H2,1-5H3.